The van der Waals surface area contributed by atoms with Crippen LogP contribution >= 0.6 is 0 Å². The number of hydrogen-bond acceptors (Lipinski definition) is 6. The largest absolute Gasteiger partial charge is 0.504 e. The van der Waals surface area contributed by atoms with Crippen LogP contribution in [0.15, 0.2) is 64.6 Å². The van der Waals surface area contributed by atoms with Gasteiger partial charge in [0.15, 0.2) is 11.5 Å². The van der Waals surface area contributed by atoms with E-state index in [0.717, 1.165) is 21.0 Å². The molecule has 0 atom stereocenters. The number of hydrazone groups is 1. The third-order valence-electron chi connectivity index (χ3n) is 5.65. The SMILES string of the molecule is COc1cccc(/C=N/NC(=O)CN(Cc2ccc(C)cc2)S(=O)(=O)c2c(C)cc(C)cc2C)c1O. The Hall–Kier alpha value is -3.69. The summed E-state index contributed by atoms with van der Waals surface area (Å²) in [5.74, 6) is -0.469. The van der Waals surface area contributed by atoms with Gasteiger partial charge in [0.05, 0.1) is 24.8 Å². The fourth-order valence-electron chi connectivity index (χ4n) is 4.00. The van der Waals surface area contributed by atoms with Gasteiger partial charge < -0.3 is 9.84 Å². The molecule has 0 fully saturated rings. The summed E-state index contributed by atoms with van der Waals surface area (Å²) in [6.45, 7) is 6.94. The summed E-state index contributed by atoms with van der Waals surface area (Å²) in [4.78, 5) is 13.0. The highest BCUT2D eigenvalue weighted by molar-refractivity contribution is 7.89. The van der Waals surface area contributed by atoms with Crippen LogP contribution in [0.1, 0.15) is 33.4 Å². The van der Waals surface area contributed by atoms with Gasteiger partial charge >= 0.3 is 0 Å². The molecule has 0 unspecified atom stereocenters. The molecule has 3 rings (SSSR count). The van der Waals surface area contributed by atoms with Gasteiger partial charge in [0.2, 0.25) is 10.0 Å². The topological polar surface area (TPSA) is 108 Å². The van der Waals surface area contributed by atoms with Crippen molar-refractivity contribution in [3.63, 3.8) is 0 Å². The number of aromatic hydroxyl groups is 1. The van der Waals surface area contributed by atoms with Crippen molar-refractivity contribution in [3.8, 4) is 11.5 Å². The van der Waals surface area contributed by atoms with E-state index < -0.39 is 22.5 Å². The van der Waals surface area contributed by atoms with E-state index in [1.165, 1.54) is 13.3 Å². The van der Waals surface area contributed by atoms with Crippen molar-refractivity contribution in [2.45, 2.75) is 39.1 Å². The van der Waals surface area contributed by atoms with Crippen LogP contribution in [0.3, 0.4) is 0 Å². The average Bonchev–Trinajstić information content (AvgIpc) is 2.80. The summed E-state index contributed by atoms with van der Waals surface area (Å²) in [6, 6.07) is 16.0. The number of ether oxygens (including phenoxy) is 1. The highest BCUT2D eigenvalue weighted by Crippen LogP contribution is 2.28. The number of aryl methyl sites for hydroxylation is 4. The zero-order chi connectivity index (χ0) is 26.5. The number of methoxy groups -OCH3 is 1. The Labute approximate surface area is 212 Å². The lowest BCUT2D eigenvalue weighted by atomic mass is 10.1. The third-order valence-corrected chi connectivity index (χ3v) is 7.74. The Morgan fingerprint density at radius 2 is 1.67 bits per heavy atom. The van der Waals surface area contributed by atoms with Crippen molar-refractivity contribution in [1.29, 1.82) is 0 Å². The second-order valence-electron chi connectivity index (χ2n) is 8.68. The van der Waals surface area contributed by atoms with E-state index in [-0.39, 0.29) is 22.9 Å². The van der Waals surface area contributed by atoms with Gasteiger partial charge in [0.25, 0.3) is 5.91 Å². The number of amides is 1. The summed E-state index contributed by atoms with van der Waals surface area (Å²) >= 11 is 0. The van der Waals surface area contributed by atoms with Crippen LogP contribution < -0.4 is 10.2 Å². The highest BCUT2D eigenvalue weighted by atomic mass is 32.2. The normalized spacial score (nSPS) is 11.7. The van der Waals surface area contributed by atoms with Crippen LogP contribution in [0.2, 0.25) is 0 Å². The van der Waals surface area contributed by atoms with E-state index in [9.17, 15) is 18.3 Å². The predicted molar refractivity (Wildman–Crippen MR) is 140 cm³/mol. The minimum atomic E-state index is -4.01. The third kappa shape index (κ3) is 6.30. The van der Waals surface area contributed by atoms with E-state index in [1.54, 1.807) is 32.0 Å². The van der Waals surface area contributed by atoms with E-state index in [0.29, 0.717) is 16.7 Å². The number of hydrogen-bond donors (Lipinski definition) is 2. The Kier molecular flexibility index (Phi) is 8.49. The molecule has 8 nitrogen and oxygen atoms in total. The fraction of sp³-hybridized carbons (Fsp3) is 0.259. The molecule has 0 heterocycles. The van der Waals surface area contributed by atoms with Gasteiger partial charge in [-0.15, -0.1) is 0 Å². The Bertz CT molecular complexity index is 1360. The Balaban J connectivity index is 1.87. The molecule has 0 saturated carbocycles. The molecule has 36 heavy (non-hydrogen) atoms. The van der Waals surface area contributed by atoms with Crippen LogP contribution in [0.5, 0.6) is 11.5 Å². The molecule has 0 aliphatic rings. The number of carbonyl (C=O) groups excluding carboxylic acids is 1. The molecular formula is C27H31N3O5S. The monoisotopic (exact) mass is 509 g/mol. The first-order valence-corrected chi connectivity index (χ1v) is 12.8. The van der Waals surface area contributed by atoms with Crippen LogP contribution in [0, 0.1) is 27.7 Å². The van der Waals surface area contributed by atoms with E-state index >= 15 is 0 Å². The number of carbonyl (C=O) groups is 1. The van der Waals surface area contributed by atoms with Gasteiger partial charge in [0.1, 0.15) is 0 Å². The lowest BCUT2D eigenvalue weighted by Crippen LogP contribution is -2.39. The van der Waals surface area contributed by atoms with Gasteiger partial charge in [-0.2, -0.15) is 9.41 Å². The zero-order valence-corrected chi connectivity index (χ0v) is 21.9. The minimum Gasteiger partial charge on any atom is -0.504 e. The van der Waals surface area contributed by atoms with E-state index in [1.807, 2.05) is 50.2 Å². The van der Waals surface area contributed by atoms with Crippen molar-refractivity contribution in [1.82, 2.24) is 9.73 Å². The Morgan fingerprint density at radius 3 is 2.28 bits per heavy atom. The maximum absolute atomic E-state index is 13.8. The van der Waals surface area contributed by atoms with Gasteiger partial charge in [0, 0.05) is 12.1 Å². The maximum Gasteiger partial charge on any atom is 0.255 e. The molecule has 9 heteroatoms. The molecule has 0 aromatic heterocycles. The molecule has 0 bridgehead atoms. The molecule has 2 N–H and O–H groups in total. The molecule has 3 aromatic carbocycles. The second kappa shape index (κ2) is 11.4. The van der Waals surface area contributed by atoms with Gasteiger partial charge in [-0.3, -0.25) is 4.79 Å². The molecule has 3 aromatic rings. The molecular weight excluding hydrogens is 478 g/mol. The molecule has 0 saturated heterocycles. The lowest BCUT2D eigenvalue weighted by molar-refractivity contribution is -0.121. The van der Waals surface area contributed by atoms with Crippen LogP contribution in [-0.4, -0.2) is 43.6 Å². The highest BCUT2D eigenvalue weighted by Gasteiger charge is 2.30. The van der Waals surface area contributed by atoms with E-state index in [2.05, 4.69) is 10.5 Å². The first-order valence-electron chi connectivity index (χ1n) is 11.3. The maximum atomic E-state index is 13.8. The average molecular weight is 510 g/mol. The summed E-state index contributed by atoms with van der Waals surface area (Å²) in [5, 5.41) is 14.1. The van der Waals surface area contributed by atoms with Crippen molar-refractivity contribution in [2.24, 2.45) is 5.10 Å². The molecule has 0 aliphatic carbocycles. The summed E-state index contributed by atoms with van der Waals surface area (Å²) in [7, 11) is -2.58. The Morgan fingerprint density at radius 1 is 1.03 bits per heavy atom. The number of rotatable bonds is 9. The quantitative estimate of drug-likeness (QED) is 0.335. The number of para-hydroxylation sites is 1. The van der Waals surface area contributed by atoms with Gasteiger partial charge in [-0.1, -0.05) is 53.6 Å². The standard InChI is InChI=1S/C27H31N3O5S/c1-18-9-11-22(12-10-18)16-30(36(33,34)27-20(3)13-19(2)14-21(27)4)17-25(31)29-28-15-23-7-6-8-24(35-5)26(23)32/h6-15,32H,16-17H2,1-5H3,(H,29,31)/b28-15+. The number of phenolic OH excluding ortho intramolecular Hbond substituents is 1. The van der Waals surface area contributed by atoms with Crippen molar-refractivity contribution in [2.75, 3.05) is 13.7 Å². The van der Waals surface area contributed by atoms with Crippen molar-refractivity contribution < 1.29 is 23.1 Å². The summed E-state index contributed by atoms with van der Waals surface area (Å²) in [6.07, 6.45) is 1.27. The number of phenols is 1. The first-order chi connectivity index (χ1) is 17.0. The zero-order valence-electron chi connectivity index (χ0n) is 21.1. The number of sulfonamides is 1. The number of benzene rings is 3. The molecule has 1 amide bonds. The molecule has 190 valence electrons. The van der Waals surface area contributed by atoms with Crippen LogP contribution in [0.25, 0.3) is 0 Å². The number of nitrogens with one attached hydrogen (secondary N) is 1. The summed E-state index contributed by atoms with van der Waals surface area (Å²) in [5.41, 5.74) is 6.69. The fourth-order valence-corrected chi connectivity index (χ4v) is 5.80. The second-order valence-corrected chi connectivity index (χ2v) is 10.6. The van der Waals surface area contributed by atoms with Crippen molar-refractivity contribution >= 4 is 22.1 Å². The lowest BCUT2D eigenvalue weighted by Gasteiger charge is -2.24. The molecule has 0 spiro atoms. The summed E-state index contributed by atoms with van der Waals surface area (Å²) < 4.78 is 33.7. The molecule has 0 aliphatic heterocycles. The minimum absolute atomic E-state index is 0.0170. The predicted octanol–water partition coefficient (Wildman–Crippen LogP) is 3.98. The first kappa shape index (κ1) is 26.9. The number of nitrogens with zero attached hydrogens (tertiary/aromatic N) is 2. The van der Waals surface area contributed by atoms with Gasteiger partial charge in [-0.05, 0) is 56.5 Å². The smallest absolute Gasteiger partial charge is 0.255 e. The molecule has 0 radical (unpaired) electrons. The van der Waals surface area contributed by atoms with E-state index in [4.69, 9.17) is 4.74 Å². The van der Waals surface area contributed by atoms with Crippen LogP contribution in [-0.2, 0) is 21.4 Å². The van der Waals surface area contributed by atoms with Gasteiger partial charge in [-0.25, -0.2) is 13.8 Å². The van der Waals surface area contributed by atoms with Crippen LogP contribution in [0.4, 0.5) is 0 Å². The van der Waals surface area contributed by atoms with Crippen molar-refractivity contribution in [3.05, 3.63) is 88.0 Å².